The maximum Gasteiger partial charge on any atom is 0.299 e. The molecule has 2 aliphatic rings. The Labute approximate surface area is 446 Å². The molecule has 0 aromatic heterocycles. The predicted octanol–water partition coefficient (Wildman–Crippen LogP) is 9.89. The van der Waals surface area contributed by atoms with E-state index in [2.05, 4.69) is 5.32 Å². The van der Waals surface area contributed by atoms with Crippen molar-refractivity contribution in [3.8, 4) is 0 Å². The van der Waals surface area contributed by atoms with Gasteiger partial charge in [-0.3, -0.25) is 20.2 Å². The fourth-order valence-electron chi connectivity index (χ4n) is 9.23. The second kappa shape index (κ2) is 27.7. The Kier molecular flexibility index (Phi) is 19.6. The van der Waals surface area contributed by atoms with Gasteiger partial charge >= 0.3 is 0 Å². The first kappa shape index (κ1) is 54.5. The number of aliphatic hydroxyl groups is 1. The number of ether oxygens (including phenoxy) is 9. The second-order valence-electron chi connectivity index (χ2n) is 18.6. The zero-order valence-corrected chi connectivity index (χ0v) is 42.1. The molecule has 7 aromatic carbocycles. The van der Waals surface area contributed by atoms with Gasteiger partial charge in [-0.2, -0.15) is 0 Å². The first-order valence-electron chi connectivity index (χ1n) is 25.4. The maximum atomic E-state index is 12.8. The van der Waals surface area contributed by atoms with E-state index >= 15 is 0 Å². The van der Waals surface area contributed by atoms with Crippen LogP contribution < -0.4 is 5.32 Å². The van der Waals surface area contributed by atoms with Crippen LogP contribution in [0.3, 0.4) is 0 Å². The van der Waals surface area contributed by atoms with E-state index in [1.807, 2.05) is 182 Å². The molecule has 17 heteroatoms. The largest absolute Gasteiger partial charge is 0.387 e. The number of hydrogen-bond donors (Lipinski definition) is 2. The Hall–Kier alpha value is -7.26. The third-order valence-corrected chi connectivity index (χ3v) is 13.2. The summed E-state index contributed by atoms with van der Waals surface area (Å²) in [5.74, 6) is 0. The Balaban J connectivity index is 1.14. The molecule has 7 aromatic rings. The summed E-state index contributed by atoms with van der Waals surface area (Å²) in [6.07, 6.45) is -10.4. The van der Waals surface area contributed by atoms with E-state index in [0.29, 0.717) is 0 Å². The fraction of sp³-hybridized carbons (Fsp3) is 0.300. The van der Waals surface area contributed by atoms with E-state index in [4.69, 9.17) is 42.6 Å². The monoisotopic (exact) mass is 1050 g/mol. The Morgan fingerprint density at radius 2 is 0.844 bits per heavy atom. The van der Waals surface area contributed by atoms with E-state index in [9.17, 15) is 25.3 Å². The molecular formula is C60H61N3O14. The van der Waals surface area contributed by atoms with Crippen molar-refractivity contribution in [3.63, 3.8) is 0 Å². The zero-order chi connectivity index (χ0) is 53.2. The standard InChI is InChI=1S/C60H61N3O14/c64-54-51(40-69-34-42-19-7-1-8-20-42)75-60(58(73-38-46-27-15-5-16-28-46)57(54)72-37-45-25-13-4-14-26-45)77-55-52(41-70-35-43-21-9-2-10-22-43)76-59(74-39-47-29-17-6-18-30-47)53(56(55)71-36-44-23-11-3-12-24-44)61-49-32-31-48(62(65)66)33-50(49)63(67)68/h1-33,51-61,64H,34-41H2/t51-,52-,53-,54+,55-,56-,57+,58-,59-,60+/m1/s1. The molecule has 0 unspecified atom stereocenters. The minimum atomic E-state index is -1.34. The molecule has 2 heterocycles. The lowest BCUT2D eigenvalue weighted by atomic mass is 9.94. The number of rotatable bonds is 26. The summed E-state index contributed by atoms with van der Waals surface area (Å²) in [6.45, 7) is 0.504. The first-order valence-corrected chi connectivity index (χ1v) is 25.4. The number of benzene rings is 7. The molecule has 9 rings (SSSR count). The molecule has 400 valence electrons. The molecule has 0 radical (unpaired) electrons. The van der Waals surface area contributed by atoms with Crippen LogP contribution in [0.15, 0.2) is 200 Å². The van der Waals surface area contributed by atoms with Crippen molar-refractivity contribution in [1.29, 1.82) is 0 Å². The highest BCUT2D eigenvalue weighted by molar-refractivity contribution is 5.66. The molecule has 2 aliphatic heterocycles. The highest BCUT2D eigenvalue weighted by atomic mass is 16.8. The third-order valence-electron chi connectivity index (χ3n) is 13.2. The lowest BCUT2D eigenvalue weighted by Crippen LogP contribution is -2.67. The topological polar surface area (TPSA) is 202 Å². The molecule has 77 heavy (non-hydrogen) atoms. The average Bonchev–Trinajstić information content (AvgIpc) is 3.49. The van der Waals surface area contributed by atoms with E-state index in [1.165, 1.54) is 12.1 Å². The van der Waals surface area contributed by atoms with E-state index in [1.54, 1.807) is 0 Å². The van der Waals surface area contributed by atoms with Gasteiger partial charge in [-0.25, -0.2) is 0 Å². The highest BCUT2D eigenvalue weighted by Gasteiger charge is 2.54. The summed E-state index contributed by atoms with van der Waals surface area (Å²) < 4.78 is 61.1. The lowest BCUT2D eigenvalue weighted by molar-refractivity contribution is -0.393. The van der Waals surface area contributed by atoms with Crippen molar-refractivity contribution in [3.05, 3.63) is 254 Å². The number of nitro groups is 2. The number of hydrogen-bond acceptors (Lipinski definition) is 15. The molecular weight excluding hydrogens is 987 g/mol. The summed E-state index contributed by atoms with van der Waals surface area (Å²) in [7, 11) is 0. The molecule has 0 bridgehead atoms. The van der Waals surface area contributed by atoms with Crippen molar-refractivity contribution in [2.75, 3.05) is 18.5 Å². The minimum Gasteiger partial charge on any atom is -0.387 e. The van der Waals surface area contributed by atoms with Crippen LogP contribution in [0.25, 0.3) is 0 Å². The van der Waals surface area contributed by atoms with Gasteiger partial charge in [0, 0.05) is 6.07 Å². The van der Waals surface area contributed by atoms with Crippen molar-refractivity contribution < 1.29 is 57.6 Å². The van der Waals surface area contributed by atoms with Crippen LogP contribution in [0.4, 0.5) is 17.1 Å². The third kappa shape index (κ3) is 15.2. The van der Waals surface area contributed by atoms with Gasteiger partial charge in [0.2, 0.25) is 0 Å². The number of aliphatic hydroxyl groups excluding tert-OH is 1. The van der Waals surface area contributed by atoms with Gasteiger partial charge < -0.3 is 53.1 Å². The molecule has 10 atom stereocenters. The van der Waals surface area contributed by atoms with Crippen LogP contribution in [-0.2, 0) is 82.3 Å². The summed E-state index contributed by atoms with van der Waals surface area (Å²) in [5, 5.41) is 40.4. The number of nitrogens with zero attached hydrogens (tertiary/aromatic N) is 2. The van der Waals surface area contributed by atoms with Gasteiger partial charge in [-0.1, -0.05) is 182 Å². The van der Waals surface area contributed by atoms with Crippen LogP contribution in [-0.4, -0.2) is 89.5 Å². The molecule has 0 spiro atoms. The van der Waals surface area contributed by atoms with Crippen LogP contribution in [0.2, 0.25) is 0 Å². The van der Waals surface area contributed by atoms with Crippen LogP contribution >= 0.6 is 0 Å². The molecule has 2 N–H and O–H groups in total. The normalized spacial score (nSPS) is 23.2. The Morgan fingerprint density at radius 1 is 0.442 bits per heavy atom. The molecule has 0 aliphatic carbocycles. The van der Waals surface area contributed by atoms with Crippen LogP contribution in [0.5, 0.6) is 0 Å². The van der Waals surface area contributed by atoms with E-state index in [0.717, 1.165) is 39.4 Å². The molecule has 0 saturated carbocycles. The maximum absolute atomic E-state index is 12.8. The Morgan fingerprint density at radius 3 is 1.30 bits per heavy atom. The minimum absolute atomic E-state index is 0.0197. The summed E-state index contributed by atoms with van der Waals surface area (Å²) in [5.41, 5.74) is 3.99. The van der Waals surface area contributed by atoms with Crippen molar-refractivity contribution in [2.24, 2.45) is 0 Å². The smallest absolute Gasteiger partial charge is 0.299 e. The van der Waals surface area contributed by atoms with Crippen molar-refractivity contribution in [2.45, 2.75) is 101 Å². The van der Waals surface area contributed by atoms with Gasteiger partial charge in [0.25, 0.3) is 11.4 Å². The van der Waals surface area contributed by atoms with Crippen LogP contribution in [0, 0.1) is 20.2 Å². The molecule has 2 saturated heterocycles. The van der Waals surface area contributed by atoms with Crippen molar-refractivity contribution >= 4 is 17.1 Å². The second-order valence-corrected chi connectivity index (χ2v) is 18.6. The summed E-state index contributed by atoms with van der Waals surface area (Å²) >= 11 is 0. The molecule has 0 amide bonds. The van der Waals surface area contributed by atoms with Gasteiger partial charge in [-0.15, -0.1) is 0 Å². The Bertz CT molecular complexity index is 2880. The summed E-state index contributed by atoms with van der Waals surface area (Å²) in [4.78, 5) is 23.3. The van der Waals surface area contributed by atoms with Gasteiger partial charge in [0.1, 0.15) is 54.5 Å². The first-order chi connectivity index (χ1) is 37.8. The van der Waals surface area contributed by atoms with E-state index in [-0.39, 0.29) is 58.5 Å². The zero-order valence-electron chi connectivity index (χ0n) is 42.1. The molecule has 17 nitrogen and oxygen atoms in total. The highest BCUT2D eigenvalue weighted by Crippen LogP contribution is 2.38. The quantitative estimate of drug-likeness (QED) is 0.0383. The predicted molar refractivity (Wildman–Crippen MR) is 284 cm³/mol. The number of nitro benzene ring substituents is 2. The number of anilines is 1. The number of non-ortho nitro benzene ring substituents is 1. The van der Waals surface area contributed by atoms with Gasteiger partial charge in [0.05, 0.1) is 68.8 Å². The van der Waals surface area contributed by atoms with Gasteiger partial charge in [0.15, 0.2) is 12.6 Å². The van der Waals surface area contributed by atoms with Gasteiger partial charge in [-0.05, 0) is 39.4 Å². The van der Waals surface area contributed by atoms with Crippen LogP contribution in [0.1, 0.15) is 33.4 Å². The average molecular weight is 1050 g/mol. The fourth-order valence-corrected chi connectivity index (χ4v) is 9.23. The lowest BCUT2D eigenvalue weighted by Gasteiger charge is -2.50. The SMILES string of the molecule is O=[N+]([O-])c1ccc(N[C@H]2[C@H](OCc3ccccc3)O[C@H](COCc3ccccc3)[C@@H](O[C@@H]3O[C@H](COCc4ccccc4)[C@H](O)[C@H](OCc4ccccc4)[C@H]3OCc3ccccc3)[C@@H]2OCc2ccccc2)c([N+](=O)[O-])c1. The number of nitrogens with one attached hydrogen (secondary N) is 1. The van der Waals surface area contributed by atoms with E-state index < -0.39 is 82.6 Å². The molecule has 2 fully saturated rings. The summed E-state index contributed by atoms with van der Waals surface area (Å²) in [6, 6.07) is 59.4. The van der Waals surface area contributed by atoms with Crippen molar-refractivity contribution in [1.82, 2.24) is 0 Å².